The van der Waals surface area contributed by atoms with Crippen molar-refractivity contribution in [3.63, 3.8) is 0 Å². The minimum atomic E-state index is -1.19. The molecule has 3 aromatic rings. The number of carbonyl (C=O) groups is 4. The maximum Gasteiger partial charge on any atom is 0.407 e. The van der Waals surface area contributed by atoms with Gasteiger partial charge in [0, 0.05) is 24.8 Å². The third-order valence-electron chi connectivity index (χ3n) is 8.59. The highest BCUT2D eigenvalue weighted by Crippen LogP contribution is 2.30. The fourth-order valence-electron chi connectivity index (χ4n) is 5.59. The Kier molecular flexibility index (Phi) is 14.7. The van der Waals surface area contributed by atoms with Crippen molar-refractivity contribution < 1.29 is 33.8 Å². The molecule has 276 valence electrons. The number of carbonyl (C=O) groups excluding carboxylic acids is 4. The number of nitrogens with zero attached hydrogens (tertiary/aromatic N) is 2. The normalized spacial score (nSPS) is 14.1. The van der Waals surface area contributed by atoms with E-state index in [1.807, 2.05) is 114 Å². The zero-order chi connectivity index (χ0) is 37.8. The number of aliphatic hydroxyl groups excluding tert-OH is 1. The first-order valence-corrected chi connectivity index (χ1v) is 17.0. The number of hydrogen-bond donors (Lipinski definition) is 4. The average molecular weight is 704 g/mol. The van der Waals surface area contributed by atoms with Crippen LogP contribution in [0.2, 0.25) is 0 Å². The molecule has 0 fully saturated rings. The van der Waals surface area contributed by atoms with Gasteiger partial charge in [0.25, 0.3) is 5.91 Å². The summed E-state index contributed by atoms with van der Waals surface area (Å²) in [5, 5.41) is 19.1. The monoisotopic (exact) mass is 703 g/mol. The fraction of sp³-hybridized carbons (Fsp3) is 0.462. The van der Waals surface area contributed by atoms with Crippen molar-refractivity contribution in [1.82, 2.24) is 26.1 Å². The predicted octanol–water partition coefficient (Wildman–Crippen LogP) is 4.67. The molecule has 1 heterocycles. The smallest absolute Gasteiger partial charge is 0.407 e. The summed E-state index contributed by atoms with van der Waals surface area (Å²) in [6, 6.07) is 21.0. The molecule has 12 nitrogen and oxygen atoms in total. The largest absolute Gasteiger partial charge is 0.469 e. The van der Waals surface area contributed by atoms with Crippen molar-refractivity contribution in [2.75, 3.05) is 20.8 Å². The first kappa shape index (κ1) is 40.6. The summed E-state index contributed by atoms with van der Waals surface area (Å²) >= 11 is 0. The molecule has 0 saturated heterocycles. The maximum absolute atomic E-state index is 13.8. The lowest BCUT2D eigenvalue weighted by Crippen LogP contribution is -2.59. The molecule has 1 aromatic heterocycles. The number of esters is 1. The summed E-state index contributed by atoms with van der Waals surface area (Å²) in [7, 11) is 2.50. The van der Waals surface area contributed by atoms with Gasteiger partial charge in [0.15, 0.2) is 0 Å². The van der Waals surface area contributed by atoms with Gasteiger partial charge in [0.05, 0.1) is 44.4 Å². The molecule has 0 aliphatic heterocycles. The molecule has 4 atom stereocenters. The van der Waals surface area contributed by atoms with Gasteiger partial charge < -0.3 is 25.2 Å². The van der Waals surface area contributed by atoms with Crippen LogP contribution in [0.15, 0.2) is 79.0 Å². The Morgan fingerprint density at radius 1 is 0.784 bits per heavy atom. The second-order valence-electron chi connectivity index (χ2n) is 14.8. The Labute approximate surface area is 301 Å². The van der Waals surface area contributed by atoms with Crippen molar-refractivity contribution >= 4 is 23.9 Å². The van der Waals surface area contributed by atoms with Gasteiger partial charge in [-0.2, -0.15) is 0 Å². The summed E-state index contributed by atoms with van der Waals surface area (Å²) in [5.41, 5.74) is 5.05. The summed E-state index contributed by atoms with van der Waals surface area (Å²) < 4.78 is 9.65. The number of benzene rings is 2. The Hall–Kier alpha value is -4.81. The molecule has 0 aliphatic carbocycles. The number of rotatable bonds is 15. The standard InChI is InChI=1S/C39H53N5O7/c1-38(2,3)29(23-33(46)50-7)35(47)41-31(22-26-14-10-9-11-15-26)32(45)25-44(43-36(48)34(39(4,5)6)42-37(49)51-8)24-27-17-19-28(20-18-27)30-16-12-13-21-40-30/h9-21,29,31-32,34,45H,22-25H2,1-8H3,(H,41,47)(H,42,49)(H,43,48)/t29-,31+,32+,34-/m1/s1. The fourth-order valence-corrected chi connectivity index (χ4v) is 5.59. The second-order valence-corrected chi connectivity index (χ2v) is 14.8. The molecule has 51 heavy (non-hydrogen) atoms. The number of alkyl carbamates (subject to hydrolysis) is 1. The lowest BCUT2D eigenvalue weighted by atomic mass is 9.78. The molecule has 0 bridgehead atoms. The maximum atomic E-state index is 13.8. The summed E-state index contributed by atoms with van der Waals surface area (Å²) in [6.07, 6.45) is -0.0780. The molecule has 0 unspecified atom stereocenters. The molecule has 2 aromatic carbocycles. The Morgan fingerprint density at radius 2 is 1.43 bits per heavy atom. The van der Waals surface area contributed by atoms with Gasteiger partial charge >= 0.3 is 12.1 Å². The van der Waals surface area contributed by atoms with Crippen LogP contribution < -0.4 is 16.1 Å². The van der Waals surface area contributed by atoms with Crippen LogP contribution in [0.1, 0.15) is 59.1 Å². The number of methoxy groups -OCH3 is 2. The van der Waals surface area contributed by atoms with Gasteiger partial charge in [0.1, 0.15) is 6.04 Å². The number of aliphatic hydroxyl groups is 1. The van der Waals surface area contributed by atoms with Gasteiger partial charge in [-0.1, -0.05) is 102 Å². The van der Waals surface area contributed by atoms with Crippen LogP contribution in [-0.2, 0) is 36.8 Å². The minimum absolute atomic E-state index is 0.0994. The van der Waals surface area contributed by atoms with E-state index in [1.54, 1.807) is 11.2 Å². The Bertz CT molecular complexity index is 1570. The van der Waals surface area contributed by atoms with Crippen LogP contribution in [0.4, 0.5) is 4.79 Å². The Morgan fingerprint density at radius 3 is 1.98 bits per heavy atom. The van der Waals surface area contributed by atoms with Crippen molar-refractivity contribution in [2.45, 2.75) is 79.1 Å². The first-order valence-electron chi connectivity index (χ1n) is 17.0. The van der Waals surface area contributed by atoms with Crippen molar-refractivity contribution in [1.29, 1.82) is 0 Å². The Balaban J connectivity index is 1.96. The first-order chi connectivity index (χ1) is 24.0. The number of nitrogens with one attached hydrogen (secondary N) is 3. The lowest BCUT2D eigenvalue weighted by Gasteiger charge is -2.35. The predicted molar refractivity (Wildman–Crippen MR) is 195 cm³/mol. The van der Waals surface area contributed by atoms with Crippen molar-refractivity contribution in [3.05, 3.63) is 90.1 Å². The van der Waals surface area contributed by atoms with Gasteiger partial charge in [-0.05, 0) is 40.5 Å². The molecule has 0 aliphatic rings. The van der Waals surface area contributed by atoms with Gasteiger partial charge in [-0.3, -0.25) is 24.8 Å². The topological polar surface area (TPSA) is 159 Å². The molecule has 4 N–H and O–H groups in total. The number of hydrogen-bond acceptors (Lipinski definition) is 9. The molecule has 12 heteroatoms. The highest BCUT2D eigenvalue weighted by Gasteiger charge is 2.37. The highest BCUT2D eigenvalue weighted by molar-refractivity contribution is 5.86. The van der Waals surface area contributed by atoms with E-state index >= 15 is 0 Å². The number of hydrazine groups is 1. The summed E-state index contributed by atoms with van der Waals surface area (Å²) in [6.45, 7) is 11.1. The van der Waals surface area contributed by atoms with Crippen LogP contribution in [-0.4, -0.2) is 77.9 Å². The van der Waals surface area contributed by atoms with Crippen LogP contribution in [0.25, 0.3) is 11.3 Å². The second kappa shape index (κ2) is 18.4. The van der Waals surface area contributed by atoms with E-state index in [9.17, 15) is 24.3 Å². The SMILES string of the molecule is COC(=O)C[C@H](C(=O)N[C@@H](Cc1ccccc1)[C@@H](O)CN(Cc1ccc(-c2ccccn2)cc1)NC(=O)[C@@H](NC(=O)OC)C(C)(C)C)C(C)(C)C. The number of pyridine rings is 1. The van der Waals surface area contributed by atoms with Crippen LogP contribution >= 0.6 is 0 Å². The van der Waals surface area contributed by atoms with Crippen molar-refractivity contribution in [2.24, 2.45) is 16.7 Å². The van der Waals surface area contributed by atoms with E-state index in [-0.39, 0.29) is 25.9 Å². The zero-order valence-electron chi connectivity index (χ0n) is 30.9. The molecular formula is C39H53N5O7. The van der Waals surface area contributed by atoms with E-state index in [0.29, 0.717) is 0 Å². The lowest BCUT2D eigenvalue weighted by molar-refractivity contribution is -0.146. The third kappa shape index (κ3) is 12.8. The minimum Gasteiger partial charge on any atom is -0.469 e. The van der Waals surface area contributed by atoms with Crippen LogP contribution in [0, 0.1) is 16.7 Å². The molecule has 3 rings (SSSR count). The van der Waals surface area contributed by atoms with Crippen molar-refractivity contribution in [3.8, 4) is 11.3 Å². The highest BCUT2D eigenvalue weighted by atomic mass is 16.5. The summed E-state index contributed by atoms with van der Waals surface area (Å²) in [5.74, 6) is -2.16. The quantitative estimate of drug-likeness (QED) is 0.130. The van der Waals surface area contributed by atoms with E-state index < -0.39 is 58.8 Å². The van der Waals surface area contributed by atoms with E-state index in [0.717, 1.165) is 22.4 Å². The summed E-state index contributed by atoms with van der Waals surface area (Å²) in [4.78, 5) is 56.5. The number of amides is 3. The van der Waals surface area contributed by atoms with Gasteiger partial charge in [-0.25, -0.2) is 9.80 Å². The zero-order valence-corrected chi connectivity index (χ0v) is 30.9. The van der Waals surface area contributed by atoms with Gasteiger partial charge in [0.2, 0.25) is 5.91 Å². The van der Waals surface area contributed by atoms with Gasteiger partial charge in [-0.15, -0.1) is 0 Å². The van der Waals surface area contributed by atoms with E-state index in [4.69, 9.17) is 9.47 Å². The molecule has 0 spiro atoms. The molecule has 0 radical (unpaired) electrons. The van der Waals surface area contributed by atoms with E-state index in [2.05, 4.69) is 21.0 Å². The number of ether oxygens (including phenoxy) is 2. The molecule has 3 amide bonds. The van der Waals surface area contributed by atoms with Crippen LogP contribution in [0.5, 0.6) is 0 Å². The van der Waals surface area contributed by atoms with E-state index in [1.165, 1.54) is 14.2 Å². The third-order valence-corrected chi connectivity index (χ3v) is 8.59. The van der Waals surface area contributed by atoms with Crippen LogP contribution in [0.3, 0.4) is 0 Å². The molecular weight excluding hydrogens is 650 g/mol. The number of aromatic nitrogens is 1. The average Bonchev–Trinajstić information content (AvgIpc) is 3.08. The molecule has 0 saturated carbocycles.